The van der Waals surface area contributed by atoms with Crippen molar-refractivity contribution in [2.24, 2.45) is 0 Å². The van der Waals surface area contributed by atoms with E-state index in [-0.39, 0.29) is 6.71 Å². The molecule has 93 heavy (non-hydrogen) atoms. The second kappa shape index (κ2) is 21.2. The van der Waals surface area contributed by atoms with Crippen molar-refractivity contribution in [2.45, 2.75) is 0 Å². The normalized spacial score (nSPS) is 12.5. The van der Waals surface area contributed by atoms with E-state index in [0.29, 0.717) is 0 Å². The lowest BCUT2D eigenvalue weighted by Gasteiger charge is -2.46. The summed E-state index contributed by atoms with van der Waals surface area (Å²) in [6, 6.07) is 129. The van der Waals surface area contributed by atoms with Crippen LogP contribution in [0.1, 0.15) is 0 Å². The Bertz CT molecular complexity index is 5290. The van der Waals surface area contributed by atoms with E-state index in [1.165, 1.54) is 70.8 Å². The molecule has 17 aromatic rings. The zero-order chi connectivity index (χ0) is 61.1. The summed E-state index contributed by atoms with van der Waals surface area (Å²) in [4.78, 5) is 5.35. The smallest absolute Gasteiger partial charge is 0.252 e. The Kier molecular flexibility index (Phi) is 12.0. The molecule has 5 heteroatoms. The SMILES string of the molecule is c1ccc(-c2cccc(-c3ccccc3)c2N2c3cc(-n4c5ccccc5c5ccccc54)ccc3B3c4ccc(-n5c6ccccc6c6ccccc65)cc4N(c4c(-c5ccccc5)cccc4-c4ccccc4)c4cc(-c5ccc6ccccc6c5)cc2c43)cc1. The molecule has 0 aliphatic carbocycles. The molecule has 0 bridgehead atoms. The Hall–Kier alpha value is -12.2. The third-order valence-corrected chi connectivity index (χ3v) is 19.7. The molecule has 2 aromatic heterocycles. The fraction of sp³-hybridized carbons (Fsp3) is 0. The number of hydrogen-bond acceptors (Lipinski definition) is 2. The number of nitrogens with zero attached hydrogens (tertiary/aromatic N) is 4. The molecule has 2 aliphatic heterocycles. The zero-order valence-electron chi connectivity index (χ0n) is 50.8. The molecular formula is C88H57BN4. The van der Waals surface area contributed by atoms with Gasteiger partial charge in [0.25, 0.3) is 6.71 Å². The minimum Gasteiger partial charge on any atom is -0.310 e. The van der Waals surface area contributed by atoms with Gasteiger partial charge in [0.15, 0.2) is 0 Å². The van der Waals surface area contributed by atoms with Crippen molar-refractivity contribution in [1.82, 2.24) is 9.13 Å². The van der Waals surface area contributed by atoms with E-state index in [4.69, 9.17) is 0 Å². The molecule has 0 unspecified atom stereocenters. The van der Waals surface area contributed by atoms with Gasteiger partial charge in [-0.05, 0) is 127 Å². The van der Waals surface area contributed by atoms with Gasteiger partial charge in [-0.1, -0.05) is 279 Å². The van der Waals surface area contributed by atoms with Gasteiger partial charge in [-0.25, -0.2) is 0 Å². The summed E-state index contributed by atoms with van der Waals surface area (Å²) in [6.07, 6.45) is 0. The first kappa shape index (κ1) is 52.7. The fourth-order valence-electron chi connectivity index (χ4n) is 15.6. The molecule has 2 aliphatic rings. The molecule has 0 radical (unpaired) electrons. The molecule has 432 valence electrons. The monoisotopic (exact) mass is 1180 g/mol. The van der Waals surface area contributed by atoms with Crippen molar-refractivity contribution in [3.63, 3.8) is 0 Å². The van der Waals surface area contributed by atoms with Crippen LogP contribution in [0.4, 0.5) is 34.1 Å². The van der Waals surface area contributed by atoms with Gasteiger partial charge in [0.2, 0.25) is 0 Å². The van der Waals surface area contributed by atoms with Gasteiger partial charge in [0.1, 0.15) is 0 Å². The van der Waals surface area contributed by atoms with Crippen molar-refractivity contribution in [3.05, 3.63) is 346 Å². The first-order valence-corrected chi connectivity index (χ1v) is 32.2. The Morgan fingerprint density at radius 1 is 0.215 bits per heavy atom. The van der Waals surface area contributed by atoms with Crippen molar-refractivity contribution in [3.8, 4) is 67.0 Å². The number of benzene rings is 15. The quantitative estimate of drug-likeness (QED) is 0.134. The van der Waals surface area contributed by atoms with Gasteiger partial charge in [-0.3, -0.25) is 0 Å². The molecule has 0 saturated heterocycles. The van der Waals surface area contributed by atoms with E-state index in [1.54, 1.807) is 0 Å². The summed E-state index contributed by atoms with van der Waals surface area (Å²) in [5.74, 6) is 0. The van der Waals surface area contributed by atoms with Crippen molar-refractivity contribution < 1.29 is 0 Å². The molecule has 0 spiro atoms. The summed E-state index contributed by atoms with van der Waals surface area (Å²) in [6.45, 7) is -0.231. The van der Waals surface area contributed by atoms with Crippen LogP contribution in [0.5, 0.6) is 0 Å². The van der Waals surface area contributed by atoms with Gasteiger partial charge in [0.05, 0.1) is 33.4 Å². The fourth-order valence-corrected chi connectivity index (χ4v) is 15.6. The van der Waals surface area contributed by atoms with Crippen LogP contribution in [-0.4, -0.2) is 15.8 Å². The van der Waals surface area contributed by atoms with Crippen LogP contribution in [0.3, 0.4) is 0 Å². The number of hydrogen-bond donors (Lipinski definition) is 0. The topological polar surface area (TPSA) is 16.3 Å². The predicted octanol–water partition coefficient (Wildman–Crippen LogP) is 21.5. The number of rotatable bonds is 9. The van der Waals surface area contributed by atoms with Gasteiger partial charge in [0, 0.05) is 77.9 Å². The average Bonchev–Trinajstić information content (AvgIpc) is 1.33. The lowest BCUT2D eigenvalue weighted by atomic mass is 9.33. The van der Waals surface area contributed by atoms with Crippen LogP contribution >= 0.6 is 0 Å². The van der Waals surface area contributed by atoms with Gasteiger partial charge in [-0.2, -0.15) is 0 Å². The maximum absolute atomic E-state index is 2.67. The molecule has 0 atom stereocenters. The van der Waals surface area contributed by atoms with Crippen LogP contribution in [0.2, 0.25) is 0 Å². The Balaban J connectivity index is 1.00. The largest absolute Gasteiger partial charge is 0.310 e. The van der Waals surface area contributed by atoms with Gasteiger partial charge in [-0.15, -0.1) is 0 Å². The highest BCUT2D eigenvalue weighted by molar-refractivity contribution is 7.00. The number of para-hydroxylation sites is 6. The van der Waals surface area contributed by atoms with Crippen LogP contribution in [-0.2, 0) is 0 Å². The maximum atomic E-state index is 2.67. The minimum atomic E-state index is -0.231. The van der Waals surface area contributed by atoms with Gasteiger partial charge < -0.3 is 18.9 Å². The minimum absolute atomic E-state index is 0.231. The summed E-state index contributed by atoms with van der Waals surface area (Å²) in [5, 5.41) is 7.30. The first-order chi connectivity index (χ1) is 46.2. The van der Waals surface area contributed by atoms with Crippen LogP contribution in [0.25, 0.3) is 121 Å². The highest BCUT2D eigenvalue weighted by Crippen LogP contribution is 2.54. The second-order valence-corrected chi connectivity index (χ2v) is 24.7. The highest BCUT2D eigenvalue weighted by atomic mass is 15.2. The van der Waals surface area contributed by atoms with E-state index in [2.05, 4.69) is 365 Å². The number of anilines is 6. The molecule has 19 rings (SSSR count). The Labute approximate surface area is 540 Å². The molecule has 0 amide bonds. The standard InChI is InChI=1S/C88H57BN4/c1-5-26-59(27-6-1)68-39-23-40-69(60-28-7-2-8-29-60)87(68)92-82-56-66(90-78-43-19-15-35-72(78)73-36-16-20-44-79(73)90)49-51-76(82)89-77-52-50-67(91-80-45-21-17-37-74(80)75-38-18-22-46-81(75)91)57-83(77)93(85-55-65(54-84(92)86(85)89)64-48-47-58-25-13-14-34-63(58)53-64)88-70(61-30-9-3-10-31-61)41-24-42-71(88)62-32-11-4-12-33-62/h1-57H. The maximum Gasteiger partial charge on any atom is 0.252 e. The first-order valence-electron chi connectivity index (χ1n) is 32.2. The zero-order valence-corrected chi connectivity index (χ0v) is 50.8. The molecule has 15 aromatic carbocycles. The second-order valence-electron chi connectivity index (χ2n) is 24.7. The van der Waals surface area contributed by atoms with E-state index in [9.17, 15) is 0 Å². The molecule has 0 fully saturated rings. The number of fused-ring (bicyclic) bond motifs is 11. The molecular weight excluding hydrogens is 1120 g/mol. The molecule has 4 nitrogen and oxygen atoms in total. The Morgan fingerprint density at radius 3 is 0.946 bits per heavy atom. The molecule has 4 heterocycles. The average molecular weight is 1180 g/mol. The Morgan fingerprint density at radius 2 is 0.559 bits per heavy atom. The van der Waals surface area contributed by atoms with E-state index in [1.807, 2.05) is 0 Å². The summed E-state index contributed by atoms with van der Waals surface area (Å²) in [7, 11) is 0. The van der Waals surface area contributed by atoms with Gasteiger partial charge >= 0.3 is 0 Å². The third kappa shape index (κ3) is 8.27. The summed E-state index contributed by atoms with van der Waals surface area (Å²) >= 11 is 0. The number of aromatic nitrogens is 2. The van der Waals surface area contributed by atoms with Crippen LogP contribution in [0, 0.1) is 0 Å². The molecule has 0 N–H and O–H groups in total. The van der Waals surface area contributed by atoms with Crippen molar-refractivity contribution in [2.75, 3.05) is 9.80 Å². The van der Waals surface area contributed by atoms with Crippen molar-refractivity contribution >= 4 is 112 Å². The lowest BCUT2D eigenvalue weighted by Crippen LogP contribution is -2.61. The summed E-state index contributed by atoms with van der Waals surface area (Å²) < 4.78 is 4.97. The van der Waals surface area contributed by atoms with Crippen LogP contribution < -0.4 is 26.2 Å². The van der Waals surface area contributed by atoms with E-state index in [0.717, 1.165) is 101 Å². The van der Waals surface area contributed by atoms with E-state index < -0.39 is 0 Å². The highest BCUT2D eigenvalue weighted by Gasteiger charge is 2.46. The van der Waals surface area contributed by atoms with Crippen LogP contribution in [0.15, 0.2) is 346 Å². The third-order valence-electron chi connectivity index (χ3n) is 19.7. The van der Waals surface area contributed by atoms with Crippen molar-refractivity contribution in [1.29, 1.82) is 0 Å². The van der Waals surface area contributed by atoms with E-state index >= 15 is 0 Å². The lowest BCUT2D eigenvalue weighted by molar-refractivity contribution is 1.17. The summed E-state index contributed by atoms with van der Waals surface area (Å²) in [5.41, 5.74) is 28.6. The predicted molar refractivity (Wildman–Crippen MR) is 394 cm³/mol. The molecule has 0 saturated carbocycles.